The molecule has 0 aliphatic carbocycles. The van der Waals surface area contributed by atoms with E-state index >= 15 is 0 Å². The maximum absolute atomic E-state index is 12.3. The van der Waals surface area contributed by atoms with E-state index in [4.69, 9.17) is 14.2 Å². The van der Waals surface area contributed by atoms with E-state index in [1.807, 2.05) is 13.8 Å². The molecule has 32 heavy (non-hydrogen) atoms. The van der Waals surface area contributed by atoms with Crippen molar-refractivity contribution in [3.8, 4) is 0 Å². The normalized spacial score (nSPS) is 17.1. The number of carbonyl (C=O) groups excluding carboxylic acids is 1. The number of ether oxygens (including phenoxy) is 3. The Morgan fingerprint density at radius 2 is 1.44 bits per heavy atom. The van der Waals surface area contributed by atoms with Crippen molar-refractivity contribution in [1.29, 1.82) is 0 Å². The molecule has 5 nitrogen and oxygen atoms in total. The van der Waals surface area contributed by atoms with Crippen LogP contribution in [-0.2, 0) is 27.1 Å². The summed E-state index contributed by atoms with van der Waals surface area (Å²) in [7, 11) is 0. The Balaban J connectivity index is 1.85. The van der Waals surface area contributed by atoms with E-state index in [1.165, 1.54) is 49.7 Å². The van der Waals surface area contributed by atoms with Gasteiger partial charge in [-0.25, -0.2) is 4.79 Å². The first kappa shape index (κ1) is 26.7. The van der Waals surface area contributed by atoms with Gasteiger partial charge in [-0.05, 0) is 57.1 Å². The van der Waals surface area contributed by atoms with Crippen molar-refractivity contribution in [2.75, 3.05) is 19.8 Å². The second kappa shape index (κ2) is 13.8. The van der Waals surface area contributed by atoms with Crippen molar-refractivity contribution in [3.05, 3.63) is 35.4 Å². The van der Waals surface area contributed by atoms with E-state index in [9.17, 15) is 4.79 Å². The van der Waals surface area contributed by atoms with E-state index in [-0.39, 0.29) is 6.09 Å². The number of hydrogen-bond acceptors (Lipinski definition) is 4. The van der Waals surface area contributed by atoms with Gasteiger partial charge in [-0.1, -0.05) is 76.6 Å². The zero-order valence-corrected chi connectivity index (χ0v) is 20.8. The number of rotatable bonds is 14. The van der Waals surface area contributed by atoms with E-state index in [0.717, 1.165) is 32.1 Å². The number of carbonyl (C=O) groups is 1. The lowest BCUT2D eigenvalue weighted by atomic mass is 9.91. The van der Waals surface area contributed by atoms with Crippen LogP contribution < -0.4 is 5.32 Å². The lowest BCUT2D eigenvalue weighted by Crippen LogP contribution is -2.61. The van der Waals surface area contributed by atoms with Crippen LogP contribution in [0.3, 0.4) is 0 Å². The van der Waals surface area contributed by atoms with E-state index in [0.29, 0.717) is 19.8 Å². The Morgan fingerprint density at radius 3 is 2.06 bits per heavy atom. The van der Waals surface area contributed by atoms with Gasteiger partial charge in [0.25, 0.3) is 0 Å². The van der Waals surface area contributed by atoms with Crippen molar-refractivity contribution >= 4 is 6.09 Å². The minimum atomic E-state index is -0.629. The SMILES string of the molecule is CCCCCCCCc1ccc(CCC2(NC(=O)OCCCC)COC(C)(C)OC2)cc1. The average Bonchev–Trinajstić information content (AvgIpc) is 2.78. The molecule has 2 rings (SSSR count). The fourth-order valence-electron chi connectivity index (χ4n) is 3.91. The van der Waals surface area contributed by atoms with E-state index in [1.54, 1.807) is 0 Å². The number of amides is 1. The highest BCUT2D eigenvalue weighted by atomic mass is 16.7. The minimum Gasteiger partial charge on any atom is -0.450 e. The number of alkyl carbamates (subject to hydrolysis) is 1. The van der Waals surface area contributed by atoms with Gasteiger partial charge in [0.15, 0.2) is 5.79 Å². The standard InChI is InChI=1S/C27H45NO4/c1-5-7-9-10-11-12-13-23-14-16-24(17-15-23)18-19-27(21-31-26(3,4)32-22-27)28-25(29)30-20-8-6-2/h14-17H,5-13,18-22H2,1-4H3,(H,28,29). The maximum atomic E-state index is 12.3. The van der Waals surface area contributed by atoms with Crippen molar-refractivity contribution in [3.63, 3.8) is 0 Å². The van der Waals surface area contributed by atoms with Crippen LogP contribution in [-0.4, -0.2) is 37.2 Å². The topological polar surface area (TPSA) is 56.8 Å². The maximum Gasteiger partial charge on any atom is 0.407 e. The summed E-state index contributed by atoms with van der Waals surface area (Å²) in [5.74, 6) is -0.629. The summed E-state index contributed by atoms with van der Waals surface area (Å²) in [6.07, 6.45) is 12.2. The molecule has 1 aliphatic heterocycles. The first-order chi connectivity index (χ1) is 15.4. The number of nitrogens with one attached hydrogen (secondary N) is 1. The first-order valence-corrected chi connectivity index (χ1v) is 12.7. The van der Waals surface area contributed by atoms with Crippen LogP contribution in [0.2, 0.25) is 0 Å². The molecule has 0 saturated carbocycles. The molecule has 5 heteroatoms. The Kier molecular flexibility index (Phi) is 11.5. The molecule has 0 aromatic heterocycles. The molecule has 182 valence electrons. The summed E-state index contributed by atoms with van der Waals surface area (Å²) in [6.45, 7) is 9.40. The molecule has 1 N–H and O–H groups in total. The van der Waals surface area contributed by atoms with Gasteiger partial charge >= 0.3 is 6.09 Å². The number of benzene rings is 1. The van der Waals surface area contributed by atoms with Gasteiger partial charge in [0.2, 0.25) is 0 Å². The predicted molar refractivity (Wildman–Crippen MR) is 130 cm³/mol. The van der Waals surface area contributed by atoms with Gasteiger partial charge in [-0.2, -0.15) is 0 Å². The molecule has 0 unspecified atom stereocenters. The Morgan fingerprint density at radius 1 is 0.875 bits per heavy atom. The molecular weight excluding hydrogens is 402 g/mol. The molecule has 1 amide bonds. The predicted octanol–water partition coefficient (Wildman–Crippen LogP) is 6.57. The highest BCUT2D eigenvalue weighted by Crippen LogP contribution is 2.27. The summed E-state index contributed by atoms with van der Waals surface area (Å²) < 4.78 is 17.1. The molecule has 1 aromatic carbocycles. The quantitative estimate of drug-likeness (QED) is 0.328. The average molecular weight is 448 g/mol. The Labute approximate surface area is 195 Å². The van der Waals surface area contributed by atoms with Crippen LogP contribution in [0.15, 0.2) is 24.3 Å². The van der Waals surface area contributed by atoms with Crippen LogP contribution in [0.1, 0.15) is 96.6 Å². The first-order valence-electron chi connectivity index (χ1n) is 12.7. The smallest absolute Gasteiger partial charge is 0.407 e. The molecule has 0 atom stereocenters. The largest absolute Gasteiger partial charge is 0.450 e. The van der Waals surface area contributed by atoms with Gasteiger partial charge in [0, 0.05) is 0 Å². The minimum absolute atomic E-state index is 0.389. The zero-order valence-electron chi connectivity index (χ0n) is 20.8. The van der Waals surface area contributed by atoms with Crippen LogP contribution in [0.25, 0.3) is 0 Å². The Bertz CT molecular complexity index is 646. The molecule has 1 aromatic rings. The molecule has 0 radical (unpaired) electrons. The van der Waals surface area contributed by atoms with Gasteiger partial charge in [0.1, 0.15) is 0 Å². The van der Waals surface area contributed by atoms with Crippen LogP contribution >= 0.6 is 0 Å². The summed E-state index contributed by atoms with van der Waals surface area (Å²) in [5, 5.41) is 3.05. The van der Waals surface area contributed by atoms with Gasteiger partial charge in [-0.3, -0.25) is 0 Å². The van der Waals surface area contributed by atoms with Crippen molar-refractivity contribution in [2.45, 2.75) is 110 Å². The van der Waals surface area contributed by atoms with Crippen LogP contribution in [0, 0.1) is 0 Å². The van der Waals surface area contributed by atoms with Gasteiger partial charge < -0.3 is 19.5 Å². The lowest BCUT2D eigenvalue weighted by Gasteiger charge is -2.43. The summed E-state index contributed by atoms with van der Waals surface area (Å²) >= 11 is 0. The third-order valence-electron chi connectivity index (χ3n) is 6.22. The number of aryl methyl sites for hydroxylation is 2. The second-order valence-corrected chi connectivity index (χ2v) is 9.71. The second-order valence-electron chi connectivity index (χ2n) is 9.71. The highest BCUT2D eigenvalue weighted by Gasteiger charge is 2.41. The molecule has 1 aliphatic rings. The van der Waals surface area contributed by atoms with Crippen LogP contribution in [0.5, 0.6) is 0 Å². The molecule has 0 bridgehead atoms. The monoisotopic (exact) mass is 447 g/mol. The third kappa shape index (κ3) is 9.91. The summed E-state index contributed by atoms with van der Waals surface area (Å²) in [4.78, 5) is 12.3. The molecule has 0 spiro atoms. The highest BCUT2D eigenvalue weighted by molar-refractivity contribution is 5.68. The molecule has 1 saturated heterocycles. The summed E-state index contributed by atoms with van der Waals surface area (Å²) in [6, 6.07) is 8.93. The van der Waals surface area contributed by atoms with Gasteiger partial charge in [0.05, 0.1) is 25.4 Å². The lowest BCUT2D eigenvalue weighted by molar-refractivity contribution is -0.271. The molecule has 1 fully saturated rings. The van der Waals surface area contributed by atoms with E-state index in [2.05, 4.69) is 43.4 Å². The fraction of sp³-hybridized carbons (Fsp3) is 0.741. The van der Waals surface area contributed by atoms with Crippen LogP contribution in [0.4, 0.5) is 4.79 Å². The van der Waals surface area contributed by atoms with E-state index < -0.39 is 11.3 Å². The number of unbranched alkanes of at least 4 members (excludes halogenated alkanes) is 6. The Hall–Kier alpha value is -1.59. The number of hydrogen-bond donors (Lipinski definition) is 1. The summed E-state index contributed by atoms with van der Waals surface area (Å²) in [5.41, 5.74) is 2.10. The van der Waals surface area contributed by atoms with Crippen molar-refractivity contribution < 1.29 is 19.0 Å². The fourth-order valence-corrected chi connectivity index (χ4v) is 3.91. The molecular formula is C27H45NO4. The third-order valence-corrected chi connectivity index (χ3v) is 6.22. The molecule has 1 heterocycles. The van der Waals surface area contributed by atoms with Gasteiger partial charge in [-0.15, -0.1) is 0 Å². The van der Waals surface area contributed by atoms with Crippen molar-refractivity contribution in [2.24, 2.45) is 0 Å². The van der Waals surface area contributed by atoms with Crippen molar-refractivity contribution in [1.82, 2.24) is 5.32 Å². The zero-order chi connectivity index (χ0) is 23.3.